The molecule has 0 saturated heterocycles. The summed E-state index contributed by atoms with van der Waals surface area (Å²) in [7, 11) is 1.85. The average Bonchev–Trinajstić information content (AvgIpc) is 2.63. The molecular weight excluding hydrogens is 326 g/mol. The molecule has 2 aromatic carbocycles. The van der Waals surface area contributed by atoms with Crippen LogP contribution in [-0.4, -0.2) is 37.5 Å². The van der Waals surface area contributed by atoms with E-state index in [-0.39, 0.29) is 30.2 Å². The van der Waals surface area contributed by atoms with Crippen molar-refractivity contribution >= 4 is 22.6 Å². The summed E-state index contributed by atoms with van der Waals surface area (Å²) in [5, 5.41) is 11.1. The first-order chi connectivity index (χ1) is 12.4. The van der Waals surface area contributed by atoms with Crippen molar-refractivity contribution in [1.29, 1.82) is 0 Å². The number of amides is 2. The van der Waals surface area contributed by atoms with Crippen LogP contribution >= 0.6 is 0 Å². The molecule has 0 spiro atoms. The van der Waals surface area contributed by atoms with Gasteiger partial charge >= 0.3 is 0 Å². The first-order valence-electron chi connectivity index (χ1n) is 9.12. The molecule has 0 saturated carbocycles. The molecule has 3 N–H and O–H groups in total. The van der Waals surface area contributed by atoms with Gasteiger partial charge in [0.25, 0.3) is 0 Å². The van der Waals surface area contributed by atoms with E-state index in [9.17, 15) is 9.59 Å². The maximum atomic E-state index is 12.5. The predicted octanol–water partition coefficient (Wildman–Crippen LogP) is 2.25. The van der Waals surface area contributed by atoms with Crippen molar-refractivity contribution in [2.24, 2.45) is 5.92 Å². The molecule has 0 radical (unpaired) electrons. The van der Waals surface area contributed by atoms with Gasteiger partial charge in [-0.2, -0.15) is 0 Å². The monoisotopic (exact) mass is 355 g/mol. The van der Waals surface area contributed by atoms with E-state index in [4.69, 9.17) is 0 Å². The number of carbonyl (C=O) groups excluding carboxylic acids is 2. The third-order valence-electron chi connectivity index (χ3n) is 4.52. The normalized spacial score (nSPS) is 13.4. The number of rotatable bonds is 8. The van der Waals surface area contributed by atoms with Crippen LogP contribution in [0.5, 0.6) is 0 Å². The van der Waals surface area contributed by atoms with Gasteiger partial charge in [-0.15, -0.1) is 0 Å². The van der Waals surface area contributed by atoms with Crippen LogP contribution in [0.25, 0.3) is 10.8 Å². The lowest BCUT2D eigenvalue weighted by molar-refractivity contribution is -0.129. The standard InChI is InChI=1S/C21H29N3O2/c1-14(2)20(21(26)23-13-15(3)22-4)24-19(25)12-16-9-10-17-7-5-6-8-18(17)11-16/h5-11,14-15,20,22H,12-13H2,1-4H3,(H,23,26)(H,24,25). The van der Waals surface area contributed by atoms with Gasteiger partial charge in [-0.25, -0.2) is 0 Å². The van der Waals surface area contributed by atoms with Crippen LogP contribution in [0.15, 0.2) is 42.5 Å². The smallest absolute Gasteiger partial charge is 0.242 e. The van der Waals surface area contributed by atoms with E-state index in [1.54, 1.807) is 0 Å². The maximum Gasteiger partial charge on any atom is 0.242 e. The molecule has 0 aliphatic rings. The van der Waals surface area contributed by atoms with Gasteiger partial charge in [-0.05, 0) is 36.2 Å². The first kappa shape index (κ1) is 19.9. The molecule has 0 aliphatic carbocycles. The second kappa shape index (κ2) is 9.34. The van der Waals surface area contributed by atoms with Gasteiger partial charge in [0.1, 0.15) is 6.04 Å². The fourth-order valence-corrected chi connectivity index (χ4v) is 2.76. The van der Waals surface area contributed by atoms with E-state index in [0.29, 0.717) is 6.54 Å². The van der Waals surface area contributed by atoms with E-state index in [1.165, 1.54) is 0 Å². The Kier molecular flexibility index (Phi) is 7.16. The average molecular weight is 355 g/mol. The summed E-state index contributed by atoms with van der Waals surface area (Å²) in [5.74, 6) is -0.273. The number of likely N-dealkylation sites (N-methyl/N-ethyl adjacent to an activating group) is 1. The molecule has 0 bridgehead atoms. The summed E-state index contributed by atoms with van der Waals surface area (Å²) >= 11 is 0. The summed E-state index contributed by atoms with van der Waals surface area (Å²) in [6.45, 7) is 6.38. The van der Waals surface area contributed by atoms with E-state index in [2.05, 4.69) is 16.0 Å². The third-order valence-corrected chi connectivity index (χ3v) is 4.52. The maximum absolute atomic E-state index is 12.5. The highest BCUT2D eigenvalue weighted by atomic mass is 16.2. The molecule has 5 nitrogen and oxygen atoms in total. The van der Waals surface area contributed by atoms with Gasteiger partial charge in [0.15, 0.2) is 0 Å². The lowest BCUT2D eigenvalue weighted by Crippen LogP contribution is -2.51. The Bertz CT molecular complexity index is 758. The fourth-order valence-electron chi connectivity index (χ4n) is 2.76. The molecule has 2 rings (SSSR count). The third kappa shape index (κ3) is 5.56. The summed E-state index contributed by atoms with van der Waals surface area (Å²) in [6.07, 6.45) is 0.258. The van der Waals surface area contributed by atoms with Crippen LogP contribution in [-0.2, 0) is 16.0 Å². The highest BCUT2D eigenvalue weighted by Gasteiger charge is 2.24. The highest BCUT2D eigenvalue weighted by Crippen LogP contribution is 2.16. The zero-order valence-corrected chi connectivity index (χ0v) is 16.0. The largest absolute Gasteiger partial charge is 0.353 e. The predicted molar refractivity (Wildman–Crippen MR) is 106 cm³/mol. The number of hydrogen-bond acceptors (Lipinski definition) is 3. The molecule has 2 amide bonds. The van der Waals surface area contributed by atoms with Crippen molar-refractivity contribution in [2.75, 3.05) is 13.6 Å². The summed E-state index contributed by atoms with van der Waals surface area (Å²) in [4.78, 5) is 24.9. The van der Waals surface area contributed by atoms with Crippen LogP contribution in [0.3, 0.4) is 0 Å². The molecule has 140 valence electrons. The molecular formula is C21H29N3O2. The minimum atomic E-state index is -0.535. The van der Waals surface area contributed by atoms with Gasteiger partial charge in [0.05, 0.1) is 6.42 Å². The van der Waals surface area contributed by atoms with Crippen molar-refractivity contribution in [3.8, 4) is 0 Å². The van der Waals surface area contributed by atoms with E-state index < -0.39 is 6.04 Å². The quantitative estimate of drug-likeness (QED) is 0.680. The van der Waals surface area contributed by atoms with Crippen molar-refractivity contribution in [2.45, 2.75) is 39.3 Å². The zero-order valence-electron chi connectivity index (χ0n) is 16.0. The second-order valence-electron chi connectivity index (χ2n) is 7.08. The lowest BCUT2D eigenvalue weighted by Gasteiger charge is -2.23. The van der Waals surface area contributed by atoms with Crippen molar-refractivity contribution in [3.05, 3.63) is 48.0 Å². The Hall–Kier alpha value is -2.40. The Labute approximate surface area is 155 Å². The Morgan fingerprint density at radius 1 is 1.00 bits per heavy atom. The van der Waals surface area contributed by atoms with Gasteiger partial charge in [0, 0.05) is 12.6 Å². The summed E-state index contributed by atoms with van der Waals surface area (Å²) in [6, 6.07) is 13.7. The minimum absolute atomic E-state index is 0.0143. The molecule has 2 unspecified atom stereocenters. The molecule has 2 atom stereocenters. The van der Waals surface area contributed by atoms with Crippen molar-refractivity contribution in [1.82, 2.24) is 16.0 Å². The topological polar surface area (TPSA) is 70.2 Å². The first-order valence-corrected chi connectivity index (χ1v) is 9.12. The minimum Gasteiger partial charge on any atom is -0.353 e. The van der Waals surface area contributed by atoms with Crippen LogP contribution < -0.4 is 16.0 Å². The number of hydrogen-bond donors (Lipinski definition) is 3. The highest BCUT2D eigenvalue weighted by molar-refractivity contribution is 5.89. The van der Waals surface area contributed by atoms with Crippen LogP contribution in [0.1, 0.15) is 26.3 Å². The molecule has 5 heteroatoms. The number of carbonyl (C=O) groups is 2. The molecule has 0 fully saturated rings. The second-order valence-corrected chi connectivity index (χ2v) is 7.08. The fraction of sp³-hybridized carbons (Fsp3) is 0.429. The Morgan fingerprint density at radius 2 is 1.69 bits per heavy atom. The van der Waals surface area contributed by atoms with Crippen LogP contribution in [0.4, 0.5) is 0 Å². The van der Waals surface area contributed by atoms with E-state index >= 15 is 0 Å². The van der Waals surface area contributed by atoms with Crippen molar-refractivity contribution in [3.63, 3.8) is 0 Å². The number of benzene rings is 2. The number of fused-ring (bicyclic) bond motifs is 1. The number of nitrogens with one attached hydrogen (secondary N) is 3. The lowest BCUT2D eigenvalue weighted by atomic mass is 10.0. The molecule has 0 aliphatic heterocycles. The summed E-state index contributed by atoms with van der Waals surface area (Å²) < 4.78 is 0. The Balaban J connectivity index is 1.98. The van der Waals surface area contributed by atoms with Crippen LogP contribution in [0.2, 0.25) is 0 Å². The van der Waals surface area contributed by atoms with Gasteiger partial charge in [-0.3, -0.25) is 9.59 Å². The van der Waals surface area contributed by atoms with Gasteiger partial charge in [-0.1, -0.05) is 56.3 Å². The molecule has 26 heavy (non-hydrogen) atoms. The van der Waals surface area contributed by atoms with E-state index in [0.717, 1.165) is 16.3 Å². The summed E-state index contributed by atoms with van der Waals surface area (Å²) in [5.41, 5.74) is 0.938. The molecule has 0 heterocycles. The Morgan fingerprint density at radius 3 is 2.35 bits per heavy atom. The molecule has 2 aromatic rings. The van der Waals surface area contributed by atoms with Gasteiger partial charge in [0.2, 0.25) is 11.8 Å². The van der Waals surface area contributed by atoms with E-state index in [1.807, 2.05) is 70.3 Å². The van der Waals surface area contributed by atoms with Crippen molar-refractivity contribution < 1.29 is 9.59 Å². The zero-order chi connectivity index (χ0) is 19.1. The van der Waals surface area contributed by atoms with Gasteiger partial charge < -0.3 is 16.0 Å². The molecule has 0 aromatic heterocycles. The van der Waals surface area contributed by atoms with Crippen LogP contribution in [0, 0.1) is 5.92 Å². The SMILES string of the molecule is CNC(C)CNC(=O)C(NC(=O)Cc1ccc2ccccc2c1)C(C)C.